The lowest BCUT2D eigenvalue weighted by Crippen LogP contribution is -2.20. The zero-order valence-electron chi connectivity index (χ0n) is 16.1. The van der Waals surface area contributed by atoms with E-state index in [1.54, 1.807) is 19.1 Å². The van der Waals surface area contributed by atoms with Gasteiger partial charge in [0.05, 0.1) is 10.4 Å². The van der Waals surface area contributed by atoms with Gasteiger partial charge in [-0.3, -0.25) is 4.90 Å². The van der Waals surface area contributed by atoms with Gasteiger partial charge in [0.1, 0.15) is 12.4 Å². The number of likely N-dealkylation sites (N-methyl/N-ethyl adjacent to an activating group) is 1. The number of fused-ring (bicyclic) bond motifs is 3. The first-order chi connectivity index (χ1) is 14.0. The van der Waals surface area contributed by atoms with Crippen LogP contribution in [0.15, 0.2) is 46.3 Å². The molecule has 0 amide bonds. The van der Waals surface area contributed by atoms with E-state index in [4.69, 9.17) is 27.0 Å². The minimum Gasteiger partial charge on any atom is -0.492 e. The first-order valence-electron chi connectivity index (χ1n) is 8.95. The number of hydrogen-bond acceptors (Lipinski definition) is 6. The lowest BCUT2D eigenvalue weighted by Gasteiger charge is -2.14. The van der Waals surface area contributed by atoms with Crippen molar-refractivity contribution in [3.05, 3.63) is 52.5 Å². The van der Waals surface area contributed by atoms with E-state index in [0.29, 0.717) is 42.0 Å². The molecule has 2 heterocycles. The van der Waals surface area contributed by atoms with E-state index in [1.165, 1.54) is 24.3 Å². The Kier molecular flexibility index (Phi) is 5.31. The molecule has 1 aromatic heterocycles. The lowest BCUT2D eigenvalue weighted by molar-refractivity contribution is 0.259. The highest BCUT2D eigenvalue weighted by atomic mass is 35.7. The van der Waals surface area contributed by atoms with Gasteiger partial charge in [0.25, 0.3) is 19.1 Å². The van der Waals surface area contributed by atoms with Crippen molar-refractivity contribution >= 4 is 52.3 Å². The van der Waals surface area contributed by atoms with Crippen LogP contribution in [0.3, 0.4) is 0 Å². The zero-order valence-corrected chi connectivity index (χ0v) is 19.2. The molecule has 0 unspecified atom stereocenters. The van der Waals surface area contributed by atoms with E-state index >= 15 is 0 Å². The number of ether oxygens (including phenoxy) is 1. The molecule has 0 saturated carbocycles. The van der Waals surface area contributed by atoms with Crippen molar-refractivity contribution in [3.63, 3.8) is 0 Å². The number of halogens is 2. The topological polar surface area (TPSA) is 85.7 Å². The van der Waals surface area contributed by atoms with Crippen molar-refractivity contribution in [1.82, 2.24) is 8.87 Å². The van der Waals surface area contributed by atoms with E-state index in [9.17, 15) is 16.8 Å². The second kappa shape index (κ2) is 7.42. The van der Waals surface area contributed by atoms with Crippen molar-refractivity contribution < 1.29 is 21.6 Å². The summed E-state index contributed by atoms with van der Waals surface area (Å²) in [5, 5.41) is 0.171. The molecule has 1 aliphatic heterocycles. The Morgan fingerprint density at radius 3 is 2.47 bits per heavy atom. The number of nitrogens with zero attached hydrogens (tertiary/aromatic N) is 2. The predicted molar refractivity (Wildman–Crippen MR) is 116 cm³/mol. The molecule has 1 aliphatic rings. The standard InChI is InChI=1S/C19H18Cl2N2O5S2/c1-12-3-4-13(9-16(12)20)30(26,27)23-17-5-6-18-15(11-22(2)7-8-28-18)14(17)10-19(23)29(21,24)25/h3-6,9-10H,7-8,11H2,1-2H3. The summed E-state index contributed by atoms with van der Waals surface area (Å²) in [6, 6.07) is 8.70. The summed E-state index contributed by atoms with van der Waals surface area (Å²) >= 11 is 6.12. The van der Waals surface area contributed by atoms with E-state index in [0.717, 1.165) is 3.97 Å². The summed E-state index contributed by atoms with van der Waals surface area (Å²) in [5.74, 6) is 0.582. The number of hydrogen-bond donors (Lipinski definition) is 0. The second-order valence-corrected chi connectivity index (χ2v) is 11.9. The number of aryl methyl sites for hydroxylation is 1. The maximum absolute atomic E-state index is 13.5. The molecular weight excluding hydrogens is 471 g/mol. The molecule has 30 heavy (non-hydrogen) atoms. The molecule has 0 bridgehead atoms. The molecule has 3 aromatic rings. The molecule has 0 saturated heterocycles. The molecule has 0 radical (unpaired) electrons. The van der Waals surface area contributed by atoms with Crippen molar-refractivity contribution in [3.8, 4) is 5.75 Å². The highest BCUT2D eigenvalue weighted by molar-refractivity contribution is 8.14. The van der Waals surface area contributed by atoms with Crippen LogP contribution in [0, 0.1) is 6.92 Å². The summed E-state index contributed by atoms with van der Waals surface area (Å²) in [5.41, 5.74) is 1.59. The van der Waals surface area contributed by atoms with Crippen LogP contribution in [-0.4, -0.2) is 45.9 Å². The zero-order chi connectivity index (χ0) is 21.8. The van der Waals surface area contributed by atoms with E-state index < -0.39 is 24.1 Å². The molecule has 0 aliphatic carbocycles. The molecule has 7 nitrogen and oxygen atoms in total. The lowest BCUT2D eigenvalue weighted by atomic mass is 10.1. The molecule has 160 valence electrons. The van der Waals surface area contributed by atoms with Crippen LogP contribution >= 0.6 is 22.3 Å². The van der Waals surface area contributed by atoms with Gasteiger partial charge in [0.15, 0.2) is 5.03 Å². The maximum atomic E-state index is 13.5. The summed E-state index contributed by atoms with van der Waals surface area (Å²) < 4.78 is 58.2. The van der Waals surface area contributed by atoms with Crippen molar-refractivity contribution in [1.29, 1.82) is 0 Å². The Hall–Kier alpha value is -1.78. The largest absolute Gasteiger partial charge is 0.492 e. The van der Waals surface area contributed by atoms with Gasteiger partial charge in [0.2, 0.25) is 0 Å². The monoisotopic (exact) mass is 488 g/mol. The number of benzene rings is 2. The van der Waals surface area contributed by atoms with Gasteiger partial charge in [-0.25, -0.2) is 20.8 Å². The van der Waals surface area contributed by atoms with E-state index in [-0.39, 0.29) is 15.4 Å². The van der Waals surface area contributed by atoms with Gasteiger partial charge in [-0.15, -0.1) is 0 Å². The molecule has 0 N–H and O–H groups in total. The third-order valence-corrected chi connectivity index (χ3v) is 8.59. The SMILES string of the molecule is Cc1ccc(S(=O)(=O)n2c(S(=O)(=O)Cl)cc3c4c(ccc32)OCCN(C)C4)cc1Cl. The average Bonchev–Trinajstić information content (AvgIpc) is 2.97. The van der Waals surface area contributed by atoms with Crippen LogP contribution in [0.2, 0.25) is 5.02 Å². The van der Waals surface area contributed by atoms with Crippen molar-refractivity contribution in [2.45, 2.75) is 23.4 Å². The van der Waals surface area contributed by atoms with Crippen molar-refractivity contribution in [2.24, 2.45) is 0 Å². The Bertz CT molecular complexity index is 1380. The quantitative estimate of drug-likeness (QED) is 0.523. The summed E-state index contributed by atoms with van der Waals surface area (Å²) in [7, 11) is -1.15. The molecule has 11 heteroatoms. The fraction of sp³-hybridized carbons (Fsp3) is 0.263. The Morgan fingerprint density at radius 2 is 1.80 bits per heavy atom. The first kappa shape index (κ1) is 21.5. The van der Waals surface area contributed by atoms with Gasteiger partial charge in [-0.2, -0.15) is 0 Å². The molecular formula is C19H18Cl2N2O5S2. The van der Waals surface area contributed by atoms with Crippen LogP contribution in [0.5, 0.6) is 5.75 Å². The second-order valence-electron chi connectivity index (χ2n) is 7.16. The number of aromatic nitrogens is 1. The van der Waals surface area contributed by atoms with Crippen molar-refractivity contribution in [2.75, 3.05) is 20.2 Å². The van der Waals surface area contributed by atoms with Crippen LogP contribution < -0.4 is 4.74 Å². The molecule has 0 fully saturated rings. The molecule has 0 spiro atoms. The third-order valence-electron chi connectivity index (χ3n) is 5.07. The predicted octanol–water partition coefficient (Wildman–Crippen LogP) is 3.59. The Labute approximate surface area is 184 Å². The summed E-state index contributed by atoms with van der Waals surface area (Å²) in [6.45, 7) is 3.35. The Balaban J connectivity index is 2.07. The van der Waals surface area contributed by atoms with Gasteiger partial charge in [0, 0.05) is 39.7 Å². The van der Waals surface area contributed by atoms with E-state index in [2.05, 4.69) is 0 Å². The van der Waals surface area contributed by atoms with Crippen LogP contribution in [0.4, 0.5) is 0 Å². The highest BCUT2D eigenvalue weighted by Crippen LogP contribution is 2.37. The van der Waals surface area contributed by atoms with Gasteiger partial charge < -0.3 is 4.74 Å². The smallest absolute Gasteiger partial charge is 0.277 e. The maximum Gasteiger partial charge on any atom is 0.277 e. The number of rotatable bonds is 3. The minimum absolute atomic E-state index is 0.138. The third kappa shape index (κ3) is 3.58. The van der Waals surface area contributed by atoms with Gasteiger partial charge in [-0.05, 0) is 49.9 Å². The van der Waals surface area contributed by atoms with Crippen LogP contribution in [0.25, 0.3) is 10.9 Å². The highest BCUT2D eigenvalue weighted by Gasteiger charge is 2.31. The molecule has 2 aromatic carbocycles. The Morgan fingerprint density at radius 1 is 1.07 bits per heavy atom. The fourth-order valence-corrected chi connectivity index (χ4v) is 6.76. The molecule has 0 atom stereocenters. The average molecular weight is 489 g/mol. The van der Waals surface area contributed by atoms with E-state index in [1.807, 2.05) is 11.9 Å². The molecule has 4 rings (SSSR count). The summed E-state index contributed by atoms with van der Waals surface area (Å²) in [4.78, 5) is 1.87. The summed E-state index contributed by atoms with van der Waals surface area (Å²) in [6.07, 6.45) is 0. The fourth-order valence-electron chi connectivity index (χ4n) is 3.49. The van der Waals surface area contributed by atoms with Crippen LogP contribution in [0.1, 0.15) is 11.1 Å². The van der Waals surface area contributed by atoms with Gasteiger partial charge >= 0.3 is 0 Å². The van der Waals surface area contributed by atoms with Crippen LogP contribution in [-0.2, 0) is 25.6 Å². The normalized spacial score (nSPS) is 15.6. The van der Waals surface area contributed by atoms with Gasteiger partial charge in [-0.1, -0.05) is 17.7 Å². The first-order valence-corrected chi connectivity index (χ1v) is 13.1. The minimum atomic E-state index is -4.39.